The first kappa shape index (κ1) is 12.4. The van der Waals surface area contributed by atoms with Crippen molar-refractivity contribution in [3.05, 3.63) is 18.3 Å². The Morgan fingerprint density at radius 3 is 2.95 bits per heavy atom. The van der Waals surface area contributed by atoms with Gasteiger partial charge >= 0.3 is 0 Å². The molecular formula is C10H11FN4O4. The van der Waals surface area contributed by atoms with E-state index >= 15 is 0 Å². The molecule has 4 N–H and O–H groups in total. The zero-order valence-corrected chi connectivity index (χ0v) is 9.56. The molecule has 0 saturated carbocycles. The molecule has 0 aromatic carbocycles. The summed E-state index contributed by atoms with van der Waals surface area (Å²) in [7, 11) is 0. The van der Waals surface area contributed by atoms with Crippen LogP contribution in [0.2, 0.25) is 0 Å². The minimum absolute atomic E-state index is 0.0319. The molecule has 1 unspecified atom stereocenters. The summed E-state index contributed by atoms with van der Waals surface area (Å²) in [4.78, 5) is 14.3. The van der Waals surface area contributed by atoms with Crippen LogP contribution in [-0.2, 0) is 4.74 Å². The molecule has 9 heteroatoms. The fraction of sp³-hybridized carbons (Fsp3) is 0.500. The molecule has 0 amide bonds. The van der Waals surface area contributed by atoms with Crippen LogP contribution < -0.4 is 0 Å². The number of hydrogen-bond acceptors (Lipinski definition) is 7. The van der Waals surface area contributed by atoms with Crippen LogP contribution in [0.5, 0.6) is 0 Å². The van der Waals surface area contributed by atoms with E-state index in [0.717, 1.165) is 0 Å². The van der Waals surface area contributed by atoms with Gasteiger partial charge in [0.15, 0.2) is 11.8 Å². The summed E-state index contributed by atoms with van der Waals surface area (Å²) in [5.41, 5.74) is 0.727. The van der Waals surface area contributed by atoms with Gasteiger partial charge in [0.05, 0.1) is 12.8 Å². The van der Waals surface area contributed by atoms with Gasteiger partial charge in [-0.05, 0) is 0 Å². The SMILES string of the molecule is OC[C@H]1OC(c2nc3ncncc3[nH]2)[C@](O)(F)[C@@H]1O. The van der Waals surface area contributed by atoms with Gasteiger partial charge in [0.1, 0.15) is 29.9 Å². The van der Waals surface area contributed by atoms with Crippen LogP contribution in [0.25, 0.3) is 11.2 Å². The van der Waals surface area contributed by atoms with Crippen LogP contribution in [0, 0.1) is 0 Å². The van der Waals surface area contributed by atoms with Crippen molar-refractivity contribution in [1.82, 2.24) is 19.9 Å². The monoisotopic (exact) mass is 270 g/mol. The van der Waals surface area contributed by atoms with Crippen LogP contribution in [-0.4, -0.2) is 59.9 Å². The van der Waals surface area contributed by atoms with E-state index in [1.807, 2.05) is 0 Å². The number of aromatic amines is 1. The third kappa shape index (κ3) is 1.78. The molecule has 1 aliphatic heterocycles. The summed E-state index contributed by atoms with van der Waals surface area (Å²) >= 11 is 0. The van der Waals surface area contributed by atoms with Gasteiger partial charge < -0.3 is 25.0 Å². The first-order valence-electron chi connectivity index (χ1n) is 5.55. The van der Waals surface area contributed by atoms with Crippen molar-refractivity contribution in [2.75, 3.05) is 6.61 Å². The van der Waals surface area contributed by atoms with E-state index in [0.29, 0.717) is 5.52 Å². The van der Waals surface area contributed by atoms with Crippen LogP contribution in [0.4, 0.5) is 4.39 Å². The Kier molecular flexibility index (Phi) is 2.71. The number of fused-ring (bicyclic) bond motifs is 1. The van der Waals surface area contributed by atoms with Crippen LogP contribution in [0.3, 0.4) is 0 Å². The zero-order valence-electron chi connectivity index (χ0n) is 9.56. The second-order valence-electron chi connectivity index (χ2n) is 4.29. The van der Waals surface area contributed by atoms with Gasteiger partial charge in [-0.1, -0.05) is 0 Å². The van der Waals surface area contributed by atoms with Crippen LogP contribution in [0.1, 0.15) is 11.9 Å². The van der Waals surface area contributed by atoms with Crippen molar-refractivity contribution in [1.29, 1.82) is 0 Å². The average molecular weight is 270 g/mol. The lowest BCUT2D eigenvalue weighted by Gasteiger charge is -2.20. The Balaban J connectivity index is 2.01. The number of aliphatic hydroxyl groups is 3. The summed E-state index contributed by atoms with van der Waals surface area (Å²) in [6.07, 6.45) is -1.91. The molecule has 1 aliphatic rings. The third-order valence-corrected chi connectivity index (χ3v) is 3.05. The number of rotatable bonds is 2. The molecule has 0 aliphatic carbocycles. The molecule has 19 heavy (non-hydrogen) atoms. The lowest BCUT2D eigenvalue weighted by Crippen LogP contribution is -2.41. The summed E-state index contributed by atoms with van der Waals surface area (Å²) in [6, 6.07) is 0. The maximum Gasteiger partial charge on any atom is 0.269 e. The molecule has 8 nitrogen and oxygen atoms in total. The highest BCUT2D eigenvalue weighted by Crippen LogP contribution is 2.41. The second kappa shape index (κ2) is 4.17. The predicted octanol–water partition coefficient (Wildman–Crippen LogP) is -1.20. The zero-order chi connectivity index (χ0) is 13.6. The fourth-order valence-electron chi connectivity index (χ4n) is 2.06. The Bertz CT molecular complexity index is 571. The number of imidazole rings is 1. The van der Waals surface area contributed by atoms with E-state index < -0.39 is 30.8 Å². The van der Waals surface area contributed by atoms with E-state index in [-0.39, 0.29) is 11.5 Å². The molecule has 2 aromatic heterocycles. The van der Waals surface area contributed by atoms with Gasteiger partial charge in [-0.3, -0.25) is 0 Å². The quantitative estimate of drug-likeness (QED) is 0.540. The number of halogens is 1. The lowest BCUT2D eigenvalue weighted by atomic mass is 10.1. The summed E-state index contributed by atoms with van der Waals surface area (Å²) in [6.45, 7) is -0.621. The number of aromatic nitrogens is 4. The standard InChI is InChI=1S/C10H11FN4O4/c11-10(18)6(17)5(2-16)19-7(10)9-14-4-1-12-3-13-8(4)15-9/h1,3,5-7,16-18H,2H2,(H,12,13,14,15)/t5-,6-,7?,10+/m1/s1. The third-order valence-electron chi connectivity index (χ3n) is 3.05. The topological polar surface area (TPSA) is 124 Å². The van der Waals surface area contributed by atoms with E-state index in [1.165, 1.54) is 12.5 Å². The number of hydrogen-bond donors (Lipinski definition) is 4. The Morgan fingerprint density at radius 1 is 1.53 bits per heavy atom. The van der Waals surface area contributed by atoms with Gasteiger partial charge in [0.2, 0.25) is 0 Å². The highest BCUT2D eigenvalue weighted by Gasteiger charge is 2.58. The predicted molar refractivity (Wildman–Crippen MR) is 58.4 cm³/mol. The van der Waals surface area contributed by atoms with Gasteiger partial charge in [-0.2, -0.15) is 0 Å². The normalized spacial score (nSPS) is 35.1. The number of nitrogens with zero attached hydrogens (tertiary/aromatic N) is 3. The maximum atomic E-state index is 14.1. The molecule has 4 atom stereocenters. The van der Waals surface area contributed by atoms with Crippen LogP contribution in [0.15, 0.2) is 12.5 Å². The minimum atomic E-state index is -3.05. The highest BCUT2D eigenvalue weighted by atomic mass is 19.2. The second-order valence-corrected chi connectivity index (χ2v) is 4.29. The first-order chi connectivity index (χ1) is 9.04. The molecule has 0 spiro atoms. The molecule has 1 fully saturated rings. The fourth-order valence-corrected chi connectivity index (χ4v) is 2.06. The van der Waals surface area contributed by atoms with Crippen molar-refractivity contribution < 1.29 is 24.4 Å². The van der Waals surface area contributed by atoms with Gasteiger partial charge in [0, 0.05) is 0 Å². The molecular weight excluding hydrogens is 259 g/mol. The van der Waals surface area contributed by atoms with Gasteiger partial charge in [-0.15, -0.1) is 0 Å². The first-order valence-corrected chi connectivity index (χ1v) is 5.55. The largest absolute Gasteiger partial charge is 0.394 e. The number of alkyl halides is 1. The molecule has 102 valence electrons. The van der Waals surface area contributed by atoms with E-state index in [9.17, 15) is 14.6 Å². The molecule has 3 heterocycles. The summed E-state index contributed by atoms with van der Waals surface area (Å²) in [5, 5.41) is 28.2. The Labute approximate surface area is 105 Å². The minimum Gasteiger partial charge on any atom is -0.394 e. The molecule has 0 bridgehead atoms. The Hall–Kier alpha value is -1.68. The summed E-state index contributed by atoms with van der Waals surface area (Å²) in [5.74, 6) is -3.08. The number of H-pyrrole nitrogens is 1. The maximum absolute atomic E-state index is 14.1. The number of aliphatic hydroxyl groups excluding tert-OH is 2. The van der Waals surface area contributed by atoms with E-state index in [4.69, 9.17) is 9.84 Å². The highest BCUT2D eigenvalue weighted by molar-refractivity contribution is 5.68. The molecule has 3 rings (SSSR count). The average Bonchev–Trinajstić information content (AvgIpc) is 2.90. The van der Waals surface area contributed by atoms with Crippen molar-refractivity contribution >= 4 is 11.2 Å². The Morgan fingerprint density at radius 2 is 2.32 bits per heavy atom. The smallest absolute Gasteiger partial charge is 0.269 e. The van der Waals surface area contributed by atoms with Crippen molar-refractivity contribution in [3.63, 3.8) is 0 Å². The van der Waals surface area contributed by atoms with E-state index in [1.54, 1.807) is 0 Å². The van der Waals surface area contributed by atoms with Crippen LogP contribution >= 0.6 is 0 Å². The van der Waals surface area contributed by atoms with Gasteiger partial charge in [0.25, 0.3) is 5.85 Å². The number of nitrogens with one attached hydrogen (secondary N) is 1. The van der Waals surface area contributed by atoms with Crippen molar-refractivity contribution in [3.8, 4) is 0 Å². The van der Waals surface area contributed by atoms with Gasteiger partial charge in [-0.25, -0.2) is 19.3 Å². The molecule has 1 saturated heterocycles. The molecule has 0 radical (unpaired) electrons. The lowest BCUT2D eigenvalue weighted by molar-refractivity contribution is -0.177. The molecule has 2 aromatic rings. The number of ether oxygens (including phenoxy) is 1. The van der Waals surface area contributed by atoms with Crippen molar-refractivity contribution in [2.24, 2.45) is 0 Å². The van der Waals surface area contributed by atoms with E-state index in [2.05, 4.69) is 19.9 Å². The summed E-state index contributed by atoms with van der Waals surface area (Å²) < 4.78 is 19.2. The van der Waals surface area contributed by atoms with Crippen molar-refractivity contribution in [2.45, 2.75) is 24.2 Å².